The minimum Gasteiger partial charge on any atom is -0.352 e. The highest BCUT2D eigenvalue weighted by Gasteiger charge is 2.00. The maximum Gasteiger partial charge on any atom is 0.312 e. The van der Waals surface area contributed by atoms with Crippen LogP contribution in [0, 0.1) is 5.92 Å². The zero-order valence-corrected chi connectivity index (χ0v) is 16.9. The fourth-order valence-electron chi connectivity index (χ4n) is 0.862. The van der Waals surface area contributed by atoms with Crippen LogP contribution >= 0.6 is 0 Å². The number of nitrogens with one attached hydrogen (secondary N) is 3. The average Bonchev–Trinajstić information content (AvgIpc) is 2.59. The highest BCUT2D eigenvalue weighted by Crippen LogP contribution is 1.96. The Hall–Kier alpha value is -1.63. The number of hydrogen-bond acceptors (Lipinski definition) is 4. The van der Waals surface area contributed by atoms with Gasteiger partial charge in [-0.25, -0.2) is 4.79 Å². The van der Waals surface area contributed by atoms with E-state index in [2.05, 4.69) is 36.7 Å². The van der Waals surface area contributed by atoms with Crippen molar-refractivity contribution in [3.05, 3.63) is 0 Å². The second-order valence-corrected chi connectivity index (χ2v) is 5.00. The van der Waals surface area contributed by atoms with Crippen LogP contribution < -0.4 is 21.7 Å². The average molecular weight is 349 g/mol. The number of primary amides is 1. The summed E-state index contributed by atoms with van der Waals surface area (Å²) in [6.45, 7) is 15.2. The molecule has 0 aromatic carbocycles. The predicted octanol–water partition coefficient (Wildman–Crippen LogP) is 2.05. The summed E-state index contributed by atoms with van der Waals surface area (Å²) < 4.78 is 0. The number of hydrogen-bond donors (Lipinski definition) is 4. The van der Waals surface area contributed by atoms with Gasteiger partial charge < -0.3 is 21.7 Å². The summed E-state index contributed by atoms with van der Waals surface area (Å²) >= 11 is 0. The molecule has 0 saturated heterocycles. The first kappa shape index (κ1) is 30.3. The highest BCUT2D eigenvalue weighted by molar-refractivity contribution is 5.81. The molecule has 0 aromatic heterocycles. The largest absolute Gasteiger partial charge is 0.352 e. The molecule has 3 amide bonds. The summed E-state index contributed by atoms with van der Waals surface area (Å²) in [5.41, 5.74) is 4.73. The molecule has 146 valence electrons. The fourth-order valence-corrected chi connectivity index (χ4v) is 0.862. The molecule has 0 saturated carbocycles. The van der Waals surface area contributed by atoms with E-state index < -0.39 is 6.03 Å². The number of nitrogens with two attached hydrogens (primary N) is 1. The van der Waals surface area contributed by atoms with Gasteiger partial charge in [-0.3, -0.25) is 9.59 Å². The van der Waals surface area contributed by atoms with Crippen molar-refractivity contribution in [3.8, 4) is 0 Å². The smallest absolute Gasteiger partial charge is 0.312 e. The molecule has 0 radical (unpaired) electrons. The van der Waals surface area contributed by atoms with Crippen molar-refractivity contribution in [2.24, 2.45) is 11.7 Å². The molecule has 1 atom stereocenters. The van der Waals surface area contributed by atoms with Crippen LogP contribution in [-0.4, -0.2) is 44.4 Å². The van der Waals surface area contributed by atoms with Crippen LogP contribution in [-0.2, 0) is 9.59 Å². The second-order valence-electron chi connectivity index (χ2n) is 5.00. The van der Waals surface area contributed by atoms with E-state index in [0.29, 0.717) is 25.4 Å². The minimum absolute atomic E-state index is 0.0529. The molecular weight excluding hydrogens is 308 g/mol. The Kier molecular flexibility index (Phi) is 33.1. The van der Waals surface area contributed by atoms with Crippen molar-refractivity contribution in [2.45, 2.75) is 67.3 Å². The second kappa shape index (κ2) is 26.3. The van der Waals surface area contributed by atoms with Crippen molar-refractivity contribution in [1.29, 1.82) is 0 Å². The van der Waals surface area contributed by atoms with Gasteiger partial charge in [-0.15, -0.1) is 0 Å². The van der Waals surface area contributed by atoms with Gasteiger partial charge in [-0.2, -0.15) is 0 Å². The minimum atomic E-state index is -0.443. The third kappa shape index (κ3) is 37.0. The van der Waals surface area contributed by atoms with E-state index in [-0.39, 0.29) is 12.3 Å². The molecule has 0 aliphatic rings. The normalized spacial score (nSPS) is 9.71. The standard InChI is InChI=1S/C6H15N.C5H9NO2.C4H10N2O.C2H6/c1-5(2)6(3)7-4;1-2-5(8)3-6-4-7;1-2-3-6-4(5)7;1-2/h5-7H,1-4H3;4H,2-3H2,1H3,(H,6,7);2-3H2,1H3,(H3,5,6,7);1-2H3. The molecule has 7 nitrogen and oxygen atoms in total. The lowest BCUT2D eigenvalue weighted by Gasteiger charge is -2.12. The highest BCUT2D eigenvalue weighted by atomic mass is 16.2. The molecular formula is C17H40N4O3. The van der Waals surface area contributed by atoms with Crippen LogP contribution in [0.1, 0.15) is 61.3 Å². The number of urea groups is 1. The predicted molar refractivity (Wildman–Crippen MR) is 102 cm³/mol. The monoisotopic (exact) mass is 348 g/mol. The van der Waals surface area contributed by atoms with E-state index >= 15 is 0 Å². The topological polar surface area (TPSA) is 113 Å². The molecule has 0 aromatic rings. The first-order valence-electron chi connectivity index (χ1n) is 8.65. The quantitative estimate of drug-likeness (QED) is 0.503. The van der Waals surface area contributed by atoms with Gasteiger partial charge in [0.15, 0.2) is 5.78 Å². The van der Waals surface area contributed by atoms with Crippen LogP contribution in [0.15, 0.2) is 0 Å². The van der Waals surface area contributed by atoms with Gasteiger partial charge in [0.05, 0.1) is 6.54 Å². The Bertz CT molecular complexity index is 285. The summed E-state index contributed by atoms with van der Waals surface area (Å²) in [7, 11) is 1.99. The van der Waals surface area contributed by atoms with Gasteiger partial charge in [0.1, 0.15) is 0 Å². The van der Waals surface area contributed by atoms with Crippen LogP contribution in [0.4, 0.5) is 4.79 Å². The summed E-state index contributed by atoms with van der Waals surface area (Å²) in [6.07, 6.45) is 1.94. The third-order valence-corrected chi connectivity index (χ3v) is 2.78. The first-order chi connectivity index (χ1) is 11.3. The number of Topliss-reactive ketones (excluding diaryl/α,β-unsaturated/α-hetero) is 1. The number of carbonyl (C=O) groups excluding carboxylic acids is 3. The van der Waals surface area contributed by atoms with Crippen molar-refractivity contribution in [2.75, 3.05) is 20.1 Å². The van der Waals surface area contributed by atoms with E-state index in [4.69, 9.17) is 5.73 Å². The van der Waals surface area contributed by atoms with E-state index in [1.165, 1.54) is 0 Å². The van der Waals surface area contributed by atoms with Gasteiger partial charge >= 0.3 is 6.03 Å². The van der Waals surface area contributed by atoms with E-state index in [9.17, 15) is 14.4 Å². The maximum absolute atomic E-state index is 10.3. The van der Waals surface area contributed by atoms with Crippen LogP contribution in [0.5, 0.6) is 0 Å². The molecule has 0 aliphatic carbocycles. The molecule has 0 rings (SSSR count). The number of carbonyl (C=O) groups is 3. The lowest BCUT2D eigenvalue weighted by molar-refractivity contribution is -0.120. The number of rotatable bonds is 8. The van der Waals surface area contributed by atoms with Crippen LogP contribution in [0.25, 0.3) is 0 Å². The Morgan fingerprint density at radius 1 is 1.12 bits per heavy atom. The molecule has 0 spiro atoms. The molecule has 0 aliphatic heterocycles. The molecule has 0 heterocycles. The Morgan fingerprint density at radius 3 is 1.79 bits per heavy atom. The van der Waals surface area contributed by atoms with E-state index in [1.807, 2.05) is 27.8 Å². The summed E-state index contributed by atoms with van der Waals surface area (Å²) in [5.74, 6) is 0.808. The zero-order valence-electron chi connectivity index (χ0n) is 16.9. The summed E-state index contributed by atoms with van der Waals surface area (Å²) in [5, 5.41) is 7.87. The third-order valence-electron chi connectivity index (χ3n) is 2.78. The molecule has 1 unspecified atom stereocenters. The van der Waals surface area contributed by atoms with Gasteiger partial charge in [0.2, 0.25) is 6.41 Å². The molecule has 7 heteroatoms. The van der Waals surface area contributed by atoms with Gasteiger partial charge in [-0.05, 0) is 26.3 Å². The summed E-state index contributed by atoms with van der Waals surface area (Å²) in [4.78, 5) is 29.8. The number of amides is 3. The van der Waals surface area contributed by atoms with Crippen molar-refractivity contribution < 1.29 is 14.4 Å². The number of ketones is 1. The van der Waals surface area contributed by atoms with Gasteiger partial charge in [0.25, 0.3) is 0 Å². The Labute approximate surface area is 148 Å². The SMILES string of the molecule is CC.CCC(=O)CNC=O.CCCNC(N)=O.CNC(C)C(C)C. The Morgan fingerprint density at radius 2 is 1.62 bits per heavy atom. The van der Waals surface area contributed by atoms with E-state index in [0.717, 1.165) is 12.3 Å². The van der Waals surface area contributed by atoms with Crippen molar-refractivity contribution in [1.82, 2.24) is 16.0 Å². The lowest BCUT2D eigenvalue weighted by atomic mass is 10.1. The molecule has 0 bridgehead atoms. The lowest BCUT2D eigenvalue weighted by Crippen LogP contribution is -2.29. The Balaban J connectivity index is -0.000000119. The fraction of sp³-hybridized carbons (Fsp3) is 0.824. The first-order valence-corrected chi connectivity index (χ1v) is 8.65. The van der Waals surface area contributed by atoms with E-state index in [1.54, 1.807) is 6.92 Å². The van der Waals surface area contributed by atoms with Crippen molar-refractivity contribution in [3.63, 3.8) is 0 Å². The van der Waals surface area contributed by atoms with Gasteiger partial charge in [0, 0.05) is 19.0 Å². The van der Waals surface area contributed by atoms with Crippen molar-refractivity contribution >= 4 is 18.2 Å². The molecule has 5 N–H and O–H groups in total. The maximum atomic E-state index is 10.3. The van der Waals surface area contributed by atoms with Crippen LogP contribution in [0.2, 0.25) is 0 Å². The zero-order chi connectivity index (χ0) is 20.0. The molecule has 0 fully saturated rings. The summed E-state index contributed by atoms with van der Waals surface area (Å²) in [6, 6.07) is 0.210. The molecule has 24 heavy (non-hydrogen) atoms. The van der Waals surface area contributed by atoms with Crippen LogP contribution in [0.3, 0.4) is 0 Å². The van der Waals surface area contributed by atoms with Gasteiger partial charge in [-0.1, -0.05) is 41.5 Å².